The molecule has 0 aliphatic heterocycles. The maximum atomic E-state index is 12.0. The fourth-order valence-corrected chi connectivity index (χ4v) is 1.30. The average molecular weight is 258 g/mol. The topological polar surface area (TPSA) is 52.6 Å². The summed E-state index contributed by atoms with van der Waals surface area (Å²) in [6.07, 6.45) is -2.65. The minimum atomic E-state index is -2.65. The second kappa shape index (κ2) is 6.09. The highest BCUT2D eigenvalue weighted by atomic mass is 19.3. The summed E-state index contributed by atoms with van der Waals surface area (Å²) < 4.78 is 33.4. The van der Waals surface area contributed by atoms with E-state index >= 15 is 0 Å². The first-order valence-corrected chi connectivity index (χ1v) is 5.10. The van der Waals surface area contributed by atoms with Gasteiger partial charge < -0.3 is 9.47 Å². The molecule has 0 aliphatic rings. The number of ketones is 1. The molecule has 1 aromatic rings. The third-order valence-corrected chi connectivity index (χ3v) is 2.16. The molecular formula is C12H12F2O4. The molecule has 0 heterocycles. The molecule has 0 saturated carbocycles. The Balaban J connectivity index is 3.08. The van der Waals surface area contributed by atoms with Crippen molar-refractivity contribution in [2.24, 2.45) is 0 Å². The van der Waals surface area contributed by atoms with Crippen LogP contribution in [0.3, 0.4) is 0 Å². The molecular weight excluding hydrogens is 246 g/mol. The maximum absolute atomic E-state index is 12.0. The van der Waals surface area contributed by atoms with Gasteiger partial charge in [0.25, 0.3) is 6.43 Å². The summed E-state index contributed by atoms with van der Waals surface area (Å²) in [4.78, 5) is 22.6. The number of esters is 1. The molecule has 4 nitrogen and oxygen atoms in total. The van der Waals surface area contributed by atoms with Crippen LogP contribution in [0.2, 0.25) is 0 Å². The molecule has 1 rings (SSSR count). The standard InChI is InChI=1S/C12H12F2O4/c1-7(15)8-3-4-10(18-6-11(13)14)9(5-8)12(16)17-2/h3-5,11H,6H2,1-2H3. The van der Waals surface area contributed by atoms with E-state index in [0.717, 1.165) is 7.11 Å². The summed E-state index contributed by atoms with van der Waals surface area (Å²) in [6, 6.07) is 3.95. The molecule has 98 valence electrons. The highest BCUT2D eigenvalue weighted by Crippen LogP contribution is 2.22. The molecule has 0 amide bonds. The average Bonchev–Trinajstić information content (AvgIpc) is 2.34. The highest BCUT2D eigenvalue weighted by molar-refractivity contribution is 5.99. The van der Waals surface area contributed by atoms with Crippen molar-refractivity contribution in [2.45, 2.75) is 13.3 Å². The van der Waals surface area contributed by atoms with Gasteiger partial charge in [-0.15, -0.1) is 0 Å². The van der Waals surface area contributed by atoms with Crippen LogP contribution in [0.5, 0.6) is 5.75 Å². The number of alkyl halides is 2. The molecule has 0 saturated heterocycles. The minimum Gasteiger partial charge on any atom is -0.487 e. The van der Waals surface area contributed by atoms with Crippen LogP contribution in [0.25, 0.3) is 0 Å². The number of benzene rings is 1. The smallest absolute Gasteiger partial charge is 0.341 e. The van der Waals surface area contributed by atoms with Crippen LogP contribution in [0.1, 0.15) is 27.6 Å². The molecule has 18 heavy (non-hydrogen) atoms. The zero-order valence-electron chi connectivity index (χ0n) is 9.91. The van der Waals surface area contributed by atoms with Crippen LogP contribution >= 0.6 is 0 Å². The van der Waals surface area contributed by atoms with E-state index in [1.165, 1.54) is 25.1 Å². The number of rotatable bonds is 5. The zero-order chi connectivity index (χ0) is 13.7. The number of hydrogen-bond donors (Lipinski definition) is 0. The van der Waals surface area contributed by atoms with Crippen LogP contribution in [-0.2, 0) is 4.74 Å². The zero-order valence-corrected chi connectivity index (χ0v) is 9.91. The third-order valence-electron chi connectivity index (χ3n) is 2.16. The quantitative estimate of drug-likeness (QED) is 0.600. The van der Waals surface area contributed by atoms with Gasteiger partial charge in [0.15, 0.2) is 5.78 Å². The van der Waals surface area contributed by atoms with Gasteiger partial charge in [0.05, 0.1) is 7.11 Å². The van der Waals surface area contributed by atoms with Crippen molar-refractivity contribution >= 4 is 11.8 Å². The summed E-state index contributed by atoms with van der Waals surface area (Å²) in [6.45, 7) is 0.499. The largest absolute Gasteiger partial charge is 0.487 e. The van der Waals surface area contributed by atoms with Gasteiger partial charge in [-0.1, -0.05) is 0 Å². The van der Waals surface area contributed by atoms with Gasteiger partial charge in [0.1, 0.15) is 17.9 Å². The van der Waals surface area contributed by atoms with Crippen LogP contribution in [0.4, 0.5) is 8.78 Å². The normalized spacial score (nSPS) is 10.3. The second-order valence-corrected chi connectivity index (χ2v) is 3.46. The van der Waals surface area contributed by atoms with E-state index in [4.69, 9.17) is 4.74 Å². The predicted octanol–water partition coefficient (Wildman–Crippen LogP) is 2.32. The van der Waals surface area contributed by atoms with E-state index in [1.807, 2.05) is 0 Å². The molecule has 0 N–H and O–H groups in total. The van der Waals surface area contributed by atoms with E-state index in [9.17, 15) is 18.4 Å². The maximum Gasteiger partial charge on any atom is 0.341 e. The molecule has 0 atom stereocenters. The first-order valence-electron chi connectivity index (χ1n) is 5.10. The summed E-state index contributed by atoms with van der Waals surface area (Å²) in [5, 5.41) is 0. The number of hydrogen-bond acceptors (Lipinski definition) is 4. The first kappa shape index (κ1) is 14.1. The first-order chi connectivity index (χ1) is 8.45. The van der Waals surface area contributed by atoms with Gasteiger partial charge in [-0.05, 0) is 25.1 Å². The Hall–Kier alpha value is -1.98. The lowest BCUT2D eigenvalue weighted by Gasteiger charge is -2.10. The molecule has 1 aromatic carbocycles. The van der Waals surface area contributed by atoms with E-state index in [2.05, 4.69) is 4.74 Å². The fraction of sp³-hybridized carbons (Fsp3) is 0.333. The summed E-state index contributed by atoms with van der Waals surface area (Å²) in [7, 11) is 1.15. The highest BCUT2D eigenvalue weighted by Gasteiger charge is 2.16. The Labute approximate surface area is 103 Å². The van der Waals surface area contributed by atoms with Gasteiger partial charge in [-0.3, -0.25) is 4.79 Å². The van der Waals surface area contributed by atoms with Crippen molar-refractivity contribution in [1.82, 2.24) is 0 Å². The second-order valence-electron chi connectivity index (χ2n) is 3.46. The van der Waals surface area contributed by atoms with E-state index in [0.29, 0.717) is 0 Å². The SMILES string of the molecule is COC(=O)c1cc(C(C)=O)ccc1OCC(F)F. The number of ether oxygens (including phenoxy) is 2. The number of Topliss-reactive ketones (excluding diaryl/α,β-unsaturated/α-hetero) is 1. The summed E-state index contributed by atoms with van der Waals surface area (Å²) in [5.74, 6) is -1.03. The van der Waals surface area contributed by atoms with Crippen LogP contribution in [0.15, 0.2) is 18.2 Å². The van der Waals surface area contributed by atoms with Gasteiger partial charge in [0, 0.05) is 5.56 Å². The molecule has 0 fully saturated rings. The predicted molar refractivity (Wildman–Crippen MR) is 59.3 cm³/mol. The van der Waals surface area contributed by atoms with Gasteiger partial charge in [0.2, 0.25) is 0 Å². The van der Waals surface area contributed by atoms with Crippen molar-refractivity contribution < 1.29 is 27.8 Å². The number of carbonyl (C=O) groups is 2. The lowest BCUT2D eigenvalue weighted by Crippen LogP contribution is -2.12. The minimum absolute atomic E-state index is 0.0350. The Bertz CT molecular complexity index is 457. The van der Waals surface area contributed by atoms with Crippen molar-refractivity contribution in [3.8, 4) is 5.75 Å². The van der Waals surface area contributed by atoms with Crippen molar-refractivity contribution in [2.75, 3.05) is 13.7 Å². The number of methoxy groups -OCH3 is 1. The number of carbonyl (C=O) groups excluding carboxylic acids is 2. The molecule has 6 heteroatoms. The Morgan fingerprint density at radius 3 is 2.50 bits per heavy atom. The van der Waals surface area contributed by atoms with Crippen molar-refractivity contribution in [3.63, 3.8) is 0 Å². The summed E-state index contributed by atoms with van der Waals surface area (Å²) in [5.41, 5.74) is 0.227. The van der Waals surface area contributed by atoms with E-state index in [-0.39, 0.29) is 22.7 Å². The van der Waals surface area contributed by atoms with Crippen molar-refractivity contribution in [1.29, 1.82) is 0 Å². The number of halogens is 2. The molecule has 0 radical (unpaired) electrons. The Kier molecular flexibility index (Phi) is 4.76. The third kappa shape index (κ3) is 3.51. The lowest BCUT2D eigenvalue weighted by molar-refractivity contribution is 0.0578. The monoisotopic (exact) mass is 258 g/mol. The van der Waals surface area contributed by atoms with Crippen LogP contribution in [-0.4, -0.2) is 31.9 Å². The van der Waals surface area contributed by atoms with Gasteiger partial charge in [-0.2, -0.15) is 0 Å². The molecule has 0 unspecified atom stereocenters. The van der Waals surface area contributed by atoms with Gasteiger partial charge in [-0.25, -0.2) is 13.6 Å². The van der Waals surface area contributed by atoms with E-state index < -0.39 is 19.0 Å². The fourth-order valence-electron chi connectivity index (χ4n) is 1.30. The lowest BCUT2D eigenvalue weighted by atomic mass is 10.1. The van der Waals surface area contributed by atoms with Crippen LogP contribution < -0.4 is 4.74 Å². The van der Waals surface area contributed by atoms with Crippen molar-refractivity contribution in [3.05, 3.63) is 29.3 Å². The van der Waals surface area contributed by atoms with E-state index in [1.54, 1.807) is 0 Å². The Morgan fingerprint density at radius 1 is 1.33 bits per heavy atom. The molecule has 0 spiro atoms. The van der Waals surface area contributed by atoms with Crippen LogP contribution in [0, 0.1) is 0 Å². The van der Waals surface area contributed by atoms with Gasteiger partial charge >= 0.3 is 5.97 Å². The summed E-state index contributed by atoms with van der Waals surface area (Å²) >= 11 is 0. The molecule has 0 aromatic heterocycles. The Morgan fingerprint density at radius 2 is 2.00 bits per heavy atom. The molecule has 0 bridgehead atoms. The molecule has 0 aliphatic carbocycles.